The van der Waals surface area contributed by atoms with Crippen molar-refractivity contribution in [2.75, 3.05) is 0 Å². The van der Waals surface area contributed by atoms with Crippen LogP contribution in [0.5, 0.6) is 0 Å². The van der Waals surface area contributed by atoms with Crippen molar-refractivity contribution in [3.05, 3.63) is 27.9 Å². The Balaban J connectivity index is 2.74. The van der Waals surface area contributed by atoms with Gasteiger partial charge in [0.15, 0.2) is 0 Å². The quantitative estimate of drug-likeness (QED) is 0.661. The molecule has 1 heterocycles. The fraction of sp³-hybridized carbons (Fsp3) is 0.143. The molecular weight excluding hydrogens is 237 g/mol. The number of hydrogen-bond acceptors (Lipinski definition) is 3. The summed E-state index contributed by atoms with van der Waals surface area (Å²) in [6.45, 7) is 0. The molecule has 1 aromatic heterocycles. The smallest absolute Gasteiger partial charge is 0.359 e. The van der Waals surface area contributed by atoms with Crippen molar-refractivity contribution in [2.24, 2.45) is 0 Å². The molecule has 0 aliphatic heterocycles. The van der Waals surface area contributed by atoms with E-state index < -0.39 is 16.8 Å². The number of aromatic nitrogens is 2. The number of nitrogens with zero attached hydrogens (tertiary/aromatic N) is 2. The molecule has 0 fully saturated rings. The van der Waals surface area contributed by atoms with Crippen LogP contribution in [0.1, 0.15) is 5.56 Å². The second-order valence-electron chi connectivity index (χ2n) is 2.75. The zero-order chi connectivity index (χ0) is 11.2. The molecule has 0 N–H and O–H groups in total. The highest BCUT2D eigenvalue weighted by molar-refractivity contribution is 6.32. The minimum Gasteiger partial charge on any atom is -0.359 e. The lowest BCUT2D eigenvalue weighted by Crippen LogP contribution is -2.22. The molecule has 15 heavy (non-hydrogen) atoms. The van der Waals surface area contributed by atoms with Gasteiger partial charge in [0.2, 0.25) is 11.0 Å². The van der Waals surface area contributed by atoms with Gasteiger partial charge in [-0.3, -0.25) is 4.63 Å². The topological polar surface area (TPSA) is 53.0 Å². The largest absolute Gasteiger partial charge is 0.418 e. The van der Waals surface area contributed by atoms with Crippen molar-refractivity contribution in [3.8, 4) is 0 Å². The van der Waals surface area contributed by atoms with Crippen LogP contribution in [-0.2, 0) is 6.18 Å². The maximum atomic E-state index is 12.4. The Kier molecular flexibility index (Phi) is 2.00. The van der Waals surface area contributed by atoms with Crippen LogP contribution in [0.4, 0.5) is 13.2 Å². The van der Waals surface area contributed by atoms with Gasteiger partial charge in [-0.2, -0.15) is 13.2 Å². The first kappa shape index (κ1) is 10.0. The molecule has 0 bridgehead atoms. The van der Waals surface area contributed by atoms with Crippen LogP contribution in [0, 0.1) is 5.21 Å². The maximum absolute atomic E-state index is 12.4. The van der Waals surface area contributed by atoms with Crippen molar-refractivity contribution >= 4 is 22.6 Å². The first-order valence-electron chi connectivity index (χ1n) is 3.66. The normalized spacial score (nSPS) is 12.3. The maximum Gasteiger partial charge on any atom is 0.418 e. The second kappa shape index (κ2) is 2.99. The summed E-state index contributed by atoms with van der Waals surface area (Å²) in [5.41, 5.74) is -1.39. The molecule has 0 unspecified atom stereocenters. The lowest BCUT2D eigenvalue weighted by molar-refractivity contribution is -0.782. The predicted octanol–water partition coefficient (Wildman–Crippen LogP) is 2.13. The minimum absolute atomic E-state index is 0.0125. The summed E-state index contributed by atoms with van der Waals surface area (Å²) in [4.78, 5) is -0.0125. The Morgan fingerprint density at radius 2 is 2.07 bits per heavy atom. The van der Waals surface area contributed by atoms with Crippen LogP contribution in [0.3, 0.4) is 0 Å². The zero-order valence-corrected chi connectivity index (χ0v) is 7.63. The average molecular weight is 239 g/mol. The minimum atomic E-state index is -4.59. The summed E-state index contributed by atoms with van der Waals surface area (Å²) in [5, 5.41) is 13.4. The molecule has 1 aromatic carbocycles. The fourth-order valence-corrected chi connectivity index (χ4v) is 1.38. The SMILES string of the molecule is [O-][n+]1onc2cc(C(F)(F)F)c(Cl)cc21. The van der Waals surface area contributed by atoms with Crippen LogP contribution in [0.15, 0.2) is 16.8 Å². The third-order valence-corrected chi connectivity index (χ3v) is 2.09. The molecule has 0 aliphatic rings. The number of fused-ring (bicyclic) bond motifs is 1. The van der Waals surface area contributed by atoms with E-state index >= 15 is 0 Å². The number of benzene rings is 1. The van der Waals surface area contributed by atoms with E-state index in [1.807, 2.05) is 0 Å². The monoisotopic (exact) mass is 238 g/mol. The molecular formula is C7H2ClF3N2O2. The standard InChI is InChI=1S/C7H2ClF3N2O2/c8-4-2-6-5(12-15-13(6)14)1-3(4)7(9,10)11/h1-2H. The van der Waals surface area contributed by atoms with Crippen molar-refractivity contribution in [3.63, 3.8) is 0 Å². The van der Waals surface area contributed by atoms with E-state index in [0.29, 0.717) is 6.07 Å². The van der Waals surface area contributed by atoms with Crippen LogP contribution < -0.4 is 4.90 Å². The molecule has 4 nitrogen and oxygen atoms in total. The lowest BCUT2D eigenvalue weighted by Gasteiger charge is -2.06. The highest BCUT2D eigenvalue weighted by Gasteiger charge is 2.35. The average Bonchev–Trinajstić information content (AvgIpc) is 2.45. The second-order valence-corrected chi connectivity index (χ2v) is 3.16. The van der Waals surface area contributed by atoms with E-state index in [1.165, 1.54) is 0 Å². The highest BCUT2D eigenvalue weighted by atomic mass is 35.5. The number of hydrogen-bond donors (Lipinski definition) is 0. The van der Waals surface area contributed by atoms with Gasteiger partial charge in [0.05, 0.1) is 10.6 Å². The van der Waals surface area contributed by atoms with Crippen LogP contribution in [0.25, 0.3) is 11.0 Å². The van der Waals surface area contributed by atoms with Crippen molar-refractivity contribution < 1.29 is 22.7 Å². The van der Waals surface area contributed by atoms with Gasteiger partial charge in [-0.15, -0.1) is 0 Å². The predicted molar refractivity (Wildman–Crippen MR) is 43.0 cm³/mol. The van der Waals surface area contributed by atoms with Gasteiger partial charge >= 0.3 is 6.18 Å². The van der Waals surface area contributed by atoms with Crippen molar-refractivity contribution in [1.29, 1.82) is 0 Å². The van der Waals surface area contributed by atoms with E-state index in [-0.39, 0.29) is 15.9 Å². The van der Waals surface area contributed by atoms with Gasteiger partial charge in [-0.05, 0) is 4.90 Å². The molecule has 0 radical (unpaired) electrons. The molecule has 0 saturated carbocycles. The molecule has 2 aromatic rings. The Bertz CT molecular complexity index is 523. The molecule has 0 aliphatic carbocycles. The number of alkyl halides is 3. The number of halogens is 4. The summed E-state index contributed by atoms with van der Waals surface area (Å²) >= 11 is 5.38. The van der Waals surface area contributed by atoms with Crippen molar-refractivity contribution in [1.82, 2.24) is 5.16 Å². The molecule has 0 amide bonds. The van der Waals surface area contributed by atoms with Gasteiger partial charge in [0, 0.05) is 17.3 Å². The third kappa shape index (κ3) is 1.58. The van der Waals surface area contributed by atoms with Gasteiger partial charge in [-0.25, -0.2) is 0 Å². The van der Waals surface area contributed by atoms with Crippen LogP contribution in [-0.4, -0.2) is 5.16 Å². The first-order chi connectivity index (χ1) is 6.89. The van der Waals surface area contributed by atoms with E-state index in [0.717, 1.165) is 6.07 Å². The molecule has 0 atom stereocenters. The lowest BCUT2D eigenvalue weighted by atomic mass is 10.2. The molecule has 80 valence electrons. The van der Waals surface area contributed by atoms with E-state index in [4.69, 9.17) is 11.6 Å². The van der Waals surface area contributed by atoms with E-state index in [1.54, 1.807) is 0 Å². The Hall–Kier alpha value is -1.50. The molecule has 0 saturated heterocycles. The van der Waals surface area contributed by atoms with Gasteiger partial charge in [0.25, 0.3) is 0 Å². The molecule has 0 spiro atoms. The van der Waals surface area contributed by atoms with Gasteiger partial charge < -0.3 is 5.21 Å². The van der Waals surface area contributed by atoms with Gasteiger partial charge in [-0.1, -0.05) is 11.6 Å². The van der Waals surface area contributed by atoms with Crippen LogP contribution >= 0.6 is 11.6 Å². The Morgan fingerprint density at radius 1 is 1.40 bits per heavy atom. The summed E-state index contributed by atoms with van der Waals surface area (Å²) in [6.07, 6.45) is -4.59. The summed E-state index contributed by atoms with van der Waals surface area (Å²) < 4.78 is 41.2. The fourth-order valence-electron chi connectivity index (χ4n) is 1.11. The van der Waals surface area contributed by atoms with Crippen molar-refractivity contribution in [2.45, 2.75) is 6.18 Å². The van der Waals surface area contributed by atoms with E-state index in [9.17, 15) is 18.4 Å². The van der Waals surface area contributed by atoms with E-state index in [2.05, 4.69) is 9.79 Å². The first-order valence-corrected chi connectivity index (χ1v) is 4.03. The zero-order valence-electron chi connectivity index (χ0n) is 6.88. The summed E-state index contributed by atoms with van der Waals surface area (Å²) in [5.74, 6) is 0. The third-order valence-electron chi connectivity index (χ3n) is 1.78. The Labute approximate surface area is 85.4 Å². The summed E-state index contributed by atoms with van der Waals surface area (Å²) in [7, 11) is 0. The van der Waals surface area contributed by atoms with Crippen LogP contribution in [0.2, 0.25) is 5.02 Å². The summed E-state index contributed by atoms with van der Waals surface area (Å²) in [6, 6.07) is 1.53. The highest BCUT2D eigenvalue weighted by Crippen LogP contribution is 2.36. The molecule has 2 rings (SSSR count). The van der Waals surface area contributed by atoms with Gasteiger partial charge in [0.1, 0.15) is 0 Å². The Morgan fingerprint density at radius 3 is 2.67 bits per heavy atom. The number of rotatable bonds is 0. The molecule has 8 heteroatoms.